The Kier molecular flexibility index (Phi) is 7.97. The van der Waals surface area contributed by atoms with E-state index in [1.165, 1.54) is 24.6 Å². The quantitative estimate of drug-likeness (QED) is 0.706. The third-order valence-corrected chi connectivity index (χ3v) is 5.90. The zero-order chi connectivity index (χ0) is 17.2. The minimum absolute atomic E-state index is 0. The van der Waals surface area contributed by atoms with E-state index in [2.05, 4.69) is 20.8 Å². The van der Waals surface area contributed by atoms with Gasteiger partial charge in [-0.15, -0.1) is 24.8 Å². The minimum atomic E-state index is -0.0294. The van der Waals surface area contributed by atoms with Crippen LogP contribution in [-0.4, -0.2) is 34.2 Å². The molecule has 2 aliphatic heterocycles. The number of nitrogens with one attached hydrogen (secondary N) is 2. The van der Waals surface area contributed by atoms with Crippen LogP contribution < -0.4 is 10.6 Å². The standard InChI is InChI=1S/C18H22N4O2S.2ClH/c1-11-7-15(22-24-11)10-25-18-16(3-2-6-19-18)17(23)21-14-8-12-4-5-13(9-14)20-12;;/h2-3,6-7,12-14,20H,4-5,8-10H2,1H3,(H,21,23);2*1H. The normalized spacial score (nSPS) is 23.2. The van der Waals surface area contributed by atoms with E-state index in [9.17, 15) is 4.79 Å². The van der Waals surface area contributed by atoms with Crippen LogP contribution in [0.5, 0.6) is 0 Å². The molecule has 0 radical (unpaired) electrons. The third-order valence-electron chi connectivity index (χ3n) is 4.86. The summed E-state index contributed by atoms with van der Waals surface area (Å²) >= 11 is 1.51. The molecule has 2 saturated heterocycles. The fourth-order valence-corrected chi connectivity index (χ4v) is 4.62. The van der Waals surface area contributed by atoms with E-state index in [1.54, 1.807) is 6.20 Å². The zero-order valence-electron chi connectivity index (χ0n) is 15.0. The first-order valence-corrected chi connectivity index (χ1v) is 9.73. The maximum Gasteiger partial charge on any atom is 0.254 e. The summed E-state index contributed by atoms with van der Waals surface area (Å²) in [4.78, 5) is 17.2. The Morgan fingerprint density at radius 3 is 2.74 bits per heavy atom. The van der Waals surface area contributed by atoms with Gasteiger partial charge in [-0.2, -0.15) is 0 Å². The van der Waals surface area contributed by atoms with Crippen molar-refractivity contribution in [3.8, 4) is 0 Å². The van der Waals surface area contributed by atoms with Gasteiger partial charge in [0.15, 0.2) is 0 Å². The van der Waals surface area contributed by atoms with Gasteiger partial charge in [-0.05, 0) is 44.7 Å². The summed E-state index contributed by atoms with van der Waals surface area (Å²) in [6, 6.07) is 6.92. The highest BCUT2D eigenvalue weighted by molar-refractivity contribution is 7.98. The van der Waals surface area contributed by atoms with E-state index >= 15 is 0 Å². The first-order chi connectivity index (χ1) is 12.2. The van der Waals surface area contributed by atoms with Crippen molar-refractivity contribution in [1.29, 1.82) is 0 Å². The maximum absolute atomic E-state index is 12.8. The second-order valence-electron chi connectivity index (χ2n) is 6.85. The fourth-order valence-electron chi connectivity index (χ4n) is 3.75. The number of carbonyl (C=O) groups is 1. The molecule has 2 N–H and O–H groups in total. The van der Waals surface area contributed by atoms with E-state index in [0.717, 1.165) is 29.3 Å². The molecule has 2 aromatic rings. The second-order valence-corrected chi connectivity index (χ2v) is 7.82. The Bertz CT molecular complexity index is 761. The molecule has 2 atom stereocenters. The molecule has 0 spiro atoms. The molecular formula is C18H24Cl2N4O2S. The van der Waals surface area contributed by atoms with Gasteiger partial charge in [0.1, 0.15) is 10.8 Å². The summed E-state index contributed by atoms with van der Waals surface area (Å²) in [5.74, 6) is 1.39. The van der Waals surface area contributed by atoms with E-state index < -0.39 is 0 Å². The Labute approximate surface area is 175 Å². The van der Waals surface area contributed by atoms with Crippen LogP contribution in [0.4, 0.5) is 0 Å². The number of nitrogens with zero attached hydrogens (tertiary/aromatic N) is 2. The topological polar surface area (TPSA) is 80.0 Å². The highest BCUT2D eigenvalue weighted by atomic mass is 35.5. The molecule has 0 aliphatic carbocycles. The highest BCUT2D eigenvalue weighted by Gasteiger charge is 2.34. The molecule has 1 amide bonds. The number of carbonyl (C=O) groups excluding carboxylic acids is 1. The SMILES string of the molecule is Cc1cc(CSc2ncccc2C(=O)NC2CC3CCC(C2)N3)no1.Cl.Cl. The Morgan fingerprint density at radius 1 is 1.33 bits per heavy atom. The van der Waals surface area contributed by atoms with Crippen molar-refractivity contribution in [3.05, 3.63) is 41.4 Å². The largest absolute Gasteiger partial charge is 0.361 e. The summed E-state index contributed by atoms with van der Waals surface area (Å²) in [7, 11) is 0. The van der Waals surface area contributed by atoms with Gasteiger partial charge in [0.25, 0.3) is 5.91 Å². The van der Waals surface area contributed by atoms with E-state index in [1.807, 2.05) is 25.1 Å². The lowest BCUT2D eigenvalue weighted by atomic mass is 9.99. The number of piperidine rings is 1. The maximum atomic E-state index is 12.8. The number of aromatic nitrogens is 2. The van der Waals surface area contributed by atoms with Gasteiger partial charge in [-0.3, -0.25) is 4.79 Å². The van der Waals surface area contributed by atoms with Crippen LogP contribution >= 0.6 is 36.6 Å². The van der Waals surface area contributed by atoms with Gasteiger partial charge < -0.3 is 15.2 Å². The van der Waals surface area contributed by atoms with Crippen molar-refractivity contribution < 1.29 is 9.32 Å². The molecule has 2 fully saturated rings. The number of hydrogen-bond donors (Lipinski definition) is 2. The molecule has 0 saturated carbocycles. The number of amides is 1. The van der Waals surface area contributed by atoms with Gasteiger partial charge in [0.2, 0.25) is 0 Å². The lowest BCUT2D eigenvalue weighted by Gasteiger charge is -2.29. The van der Waals surface area contributed by atoms with Crippen LogP contribution in [0.2, 0.25) is 0 Å². The first-order valence-electron chi connectivity index (χ1n) is 8.74. The molecular weight excluding hydrogens is 407 g/mol. The Hall–Kier alpha value is -1.28. The Morgan fingerprint density at radius 2 is 2.07 bits per heavy atom. The summed E-state index contributed by atoms with van der Waals surface area (Å²) in [6.45, 7) is 1.87. The molecule has 27 heavy (non-hydrogen) atoms. The number of rotatable bonds is 5. The van der Waals surface area contributed by atoms with Crippen molar-refractivity contribution >= 4 is 42.5 Å². The van der Waals surface area contributed by atoms with Crippen LogP contribution in [0.3, 0.4) is 0 Å². The van der Waals surface area contributed by atoms with Gasteiger partial charge >= 0.3 is 0 Å². The summed E-state index contributed by atoms with van der Waals surface area (Å²) < 4.78 is 5.09. The monoisotopic (exact) mass is 430 g/mol. The summed E-state index contributed by atoms with van der Waals surface area (Å²) in [6.07, 6.45) is 6.20. The van der Waals surface area contributed by atoms with Crippen molar-refractivity contribution in [2.45, 2.75) is 61.5 Å². The molecule has 2 bridgehead atoms. The molecule has 0 aromatic carbocycles. The number of fused-ring (bicyclic) bond motifs is 2. The molecule has 4 heterocycles. The first kappa shape index (κ1) is 22.0. The van der Waals surface area contributed by atoms with Gasteiger partial charge in [0, 0.05) is 36.1 Å². The predicted molar refractivity (Wildman–Crippen MR) is 110 cm³/mol. The van der Waals surface area contributed by atoms with Crippen LogP contribution in [-0.2, 0) is 5.75 Å². The number of thioether (sulfide) groups is 1. The summed E-state index contributed by atoms with van der Waals surface area (Å²) in [5, 5.41) is 11.5. The Balaban J connectivity index is 0.00000131. The number of pyridine rings is 1. The average molecular weight is 431 g/mol. The molecule has 2 aromatic heterocycles. The number of hydrogen-bond acceptors (Lipinski definition) is 6. The van der Waals surface area contributed by atoms with E-state index in [0.29, 0.717) is 23.4 Å². The molecule has 6 nitrogen and oxygen atoms in total. The van der Waals surface area contributed by atoms with Crippen molar-refractivity contribution in [3.63, 3.8) is 0 Å². The van der Waals surface area contributed by atoms with Crippen LogP contribution in [0.1, 0.15) is 47.5 Å². The van der Waals surface area contributed by atoms with Crippen molar-refractivity contribution in [2.75, 3.05) is 0 Å². The molecule has 9 heteroatoms. The fraction of sp³-hybridized carbons (Fsp3) is 0.500. The lowest BCUT2D eigenvalue weighted by molar-refractivity contribution is 0.0920. The van der Waals surface area contributed by atoms with E-state index in [4.69, 9.17) is 4.52 Å². The van der Waals surface area contributed by atoms with Crippen LogP contribution in [0, 0.1) is 6.92 Å². The van der Waals surface area contributed by atoms with E-state index in [-0.39, 0.29) is 36.8 Å². The summed E-state index contributed by atoms with van der Waals surface area (Å²) in [5.41, 5.74) is 1.49. The van der Waals surface area contributed by atoms with Crippen LogP contribution in [0.15, 0.2) is 33.9 Å². The molecule has 2 unspecified atom stereocenters. The number of halogens is 2. The van der Waals surface area contributed by atoms with Crippen molar-refractivity contribution in [1.82, 2.24) is 20.8 Å². The van der Waals surface area contributed by atoms with Crippen LogP contribution in [0.25, 0.3) is 0 Å². The number of aryl methyl sites for hydroxylation is 1. The third kappa shape index (κ3) is 5.38. The van der Waals surface area contributed by atoms with Gasteiger partial charge in [-0.25, -0.2) is 4.98 Å². The van der Waals surface area contributed by atoms with Gasteiger partial charge in [-0.1, -0.05) is 16.9 Å². The van der Waals surface area contributed by atoms with Crippen molar-refractivity contribution in [2.24, 2.45) is 0 Å². The lowest BCUT2D eigenvalue weighted by Crippen LogP contribution is -2.48. The smallest absolute Gasteiger partial charge is 0.254 e. The molecule has 148 valence electrons. The second kappa shape index (κ2) is 9.78. The molecule has 4 rings (SSSR count). The minimum Gasteiger partial charge on any atom is -0.361 e. The molecule has 2 aliphatic rings. The van der Waals surface area contributed by atoms with Gasteiger partial charge in [0.05, 0.1) is 11.3 Å². The zero-order valence-corrected chi connectivity index (χ0v) is 17.5. The highest BCUT2D eigenvalue weighted by Crippen LogP contribution is 2.28. The average Bonchev–Trinajstić information content (AvgIpc) is 3.18. The predicted octanol–water partition coefficient (Wildman–Crippen LogP) is 3.53.